The van der Waals surface area contributed by atoms with Gasteiger partial charge in [0.15, 0.2) is 8.32 Å². The summed E-state index contributed by atoms with van der Waals surface area (Å²) in [6.45, 7) is 13.4. The summed E-state index contributed by atoms with van der Waals surface area (Å²) >= 11 is 0. The van der Waals surface area contributed by atoms with Crippen LogP contribution in [-0.4, -0.2) is 30.5 Å². The molecule has 22 heavy (non-hydrogen) atoms. The first-order chi connectivity index (χ1) is 10.2. The Bertz CT molecular complexity index is 492. The van der Waals surface area contributed by atoms with Crippen LogP contribution < -0.4 is 4.74 Å². The zero-order valence-corrected chi connectivity index (χ0v) is 15.8. The lowest BCUT2D eigenvalue weighted by atomic mass is 9.95. The van der Waals surface area contributed by atoms with E-state index in [9.17, 15) is 0 Å². The first-order valence-corrected chi connectivity index (χ1v) is 11.2. The summed E-state index contributed by atoms with van der Waals surface area (Å²) in [5, 5.41) is 0.277. The van der Waals surface area contributed by atoms with Gasteiger partial charge in [0.1, 0.15) is 11.9 Å². The van der Waals surface area contributed by atoms with Crippen LogP contribution in [0.1, 0.15) is 52.3 Å². The molecule has 1 heterocycles. The lowest BCUT2D eigenvalue weighted by Gasteiger charge is -2.41. The van der Waals surface area contributed by atoms with Crippen molar-refractivity contribution in [1.82, 2.24) is 9.97 Å². The van der Waals surface area contributed by atoms with E-state index in [1.165, 1.54) is 0 Å². The Balaban J connectivity index is 1.83. The number of ether oxygens (including phenoxy) is 1. The van der Waals surface area contributed by atoms with Crippen LogP contribution in [0.15, 0.2) is 12.3 Å². The van der Waals surface area contributed by atoms with E-state index in [0.717, 1.165) is 31.5 Å². The number of rotatable bonds is 4. The van der Waals surface area contributed by atoms with Crippen molar-refractivity contribution in [1.29, 1.82) is 0 Å². The minimum Gasteiger partial charge on any atom is -0.474 e. The van der Waals surface area contributed by atoms with E-state index in [1.54, 1.807) is 6.20 Å². The van der Waals surface area contributed by atoms with E-state index < -0.39 is 8.32 Å². The van der Waals surface area contributed by atoms with E-state index in [0.29, 0.717) is 12.0 Å². The second-order valence-corrected chi connectivity index (χ2v) is 12.6. The molecule has 0 N–H and O–H groups in total. The Morgan fingerprint density at radius 3 is 2.23 bits per heavy atom. The molecule has 0 unspecified atom stereocenters. The van der Waals surface area contributed by atoms with Crippen molar-refractivity contribution in [3.8, 4) is 5.88 Å². The van der Waals surface area contributed by atoms with Crippen molar-refractivity contribution in [3.63, 3.8) is 0 Å². The SMILES string of the molecule is Cc1nccc(OC2CCC(O[Si](C)(C)C(C)(C)C)CC2)n1. The highest BCUT2D eigenvalue weighted by Gasteiger charge is 2.39. The fourth-order valence-corrected chi connectivity index (χ4v) is 3.95. The summed E-state index contributed by atoms with van der Waals surface area (Å²) in [5.41, 5.74) is 0. The number of hydrogen-bond donors (Lipinski definition) is 0. The Morgan fingerprint density at radius 1 is 1.09 bits per heavy atom. The third-order valence-electron chi connectivity index (χ3n) is 4.93. The van der Waals surface area contributed by atoms with Gasteiger partial charge in [-0.15, -0.1) is 0 Å². The van der Waals surface area contributed by atoms with Crippen LogP contribution in [0.3, 0.4) is 0 Å². The molecule has 0 spiro atoms. The van der Waals surface area contributed by atoms with Crippen LogP contribution in [0.2, 0.25) is 18.1 Å². The standard InChI is InChI=1S/C17H30N2O2Si/c1-13-18-12-11-16(19-13)20-14-7-9-15(10-8-14)21-22(5,6)17(2,3)4/h11-12,14-15H,7-10H2,1-6H3. The van der Waals surface area contributed by atoms with Gasteiger partial charge in [0.25, 0.3) is 0 Å². The number of aryl methyl sites for hydroxylation is 1. The van der Waals surface area contributed by atoms with Gasteiger partial charge in [-0.05, 0) is 50.7 Å². The van der Waals surface area contributed by atoms with Gasteiger partial charge in [-0.2, -0.15) is 4.98 Å². The average Bonchev–Trinajstić information content (AvgIpc) is 2.39. The molecular formula is C17H30N2O2Si. The van der Waals surface area contributed by atoms with E-state index in [1.807, 2.05) is 13.0 Å². The van der Waals surface area contributed by atoms with Gasteiger partial charge in [-0.1, -0.05) is 20.8 Å². The van der Waals surface area contributed by atoms with Crippen molar-refractivity contribution >= 4 is 8.32 Å². The lowest BCUT2D eigenvalue weighted by Crippen LogP contribution is -2.45. The van der Waals surface area contributed by atoms with Crippen LogP contribution >= 0.6 is 0 Å². The second-order valence-electron chi connectivity index (χ2n) is 7.84. The summed E-state index contributed by atoms with van der Waals surface area (Å²) in [6, 6.07) is 1.84. The second kappa shape index (κ2) is 6.67. The number of nitrogens with zero attached hydrogens (tertiary/aromatic N) is 2. The number of aromatic nitrogens is 2. The molecule has 0 amide bonds. The molecule has 0 aromatic carbocycles. The van der Waals surface area contributed by atoms with Crippen LogP contribution in [0, 0.1) is 6.92 Å². The highest BCUT2D eigenvalue weighted by Crippen LogP contribution is 2.39. The molecule has 0 atom stereocenters. The zero-order valence-electron chi connectivity index (χ0n) is 14.8. The summed E-state index contributed by atoms with van der Waals surface area (Å²) in [6.07, 6.45) is 6.67. The van der Waals surface area contributed by atoms with E-state index in [-0.39, 0.29) is 11.1 Å². The number of hydrogen-bond acceptors (Lipinski definition) is 4. The minimum atomic E-state index is -1.66. The van der Waals surface area contributed by atoms with Crippen molar-refractivity contribution in [3.05, 3.63) is 18.1 Å². The summed E-state index contributed by atoms with van der Waals surface area (Å²) in [7, 11) is -1.66. The molecule has 1 aliphatic carbocycles. The fraction of sp³-hybridized carbons (Fsp3) is 0.765. The highest BCUT2D eigenvalue weighted by atomic mass is 28.4. The average molecular weight is 323 g/mol. The van der Waals surface area contributed by atoms with Crippen molar-refractivity contribution in [2.75, 3.05) is 0 Å². The smallest absolute Gasteiger partial charge is 0.216 e. The molecule has 1 aromatic heterocycles. The van der Waals surface area contributed by atoms with Gasteiger partial charge >= 0.3 is 0 Å². The predicted octanol–water partition coefficient (Wildman–Crippen LogP) is 4.50. The molecule has 124 valence electrons. The molecule has 0 saturated heterocycles. The fourth-order valence-electron chi connectivity index (χ4n) is 2.53. The van der Waals surface area contributed by atoms with Crippen molar-refractivity contribution in [2.45, 2.75) is 83.7 Å². The van der Waals surface area contributed by atoms with E-state index in [2.05, 4.69) is 43.8 Å². The molecule has 1 fully saturated rings. The predicted molar refractivity (Wildman–Crippen MR) is 91.7 cm³/mol. The zero-order chi connectivity index (χ0) is 16.4. The van der Waals surface area contributed by atoms with Gasteiger partial charge in [0.05, 0.1) is 0 Å². The molecule has 1 saturated carbocycles. The van der Waals surface area contributed by atoms with Gasteiger partial charge in [0, 0.05) is 18.4 Å². The maximum Gasteiger partial charge on any atom is 0.216 e. The quantitative estimate of drug-likeness (QED) is 0.766. The molecule has 0 radical (unpaired) electrons. The molecular weight excluding hydrogens is 292 g/mol. The molecule has 1 aromatic rings. The Kier molecular flexibility index (Phi) is 5.28. The monoisotopic (exact) mass is 322 g/mol. The Labute approximate surface area is 135 Å². The molecule has 2 rings (SSSR count). The molecule has 0 aliphatic heterocycles. The molecule has 1 aliphatic rings. The third kappa shape index (κ3) is 4.52. The van der Waals surface area contributed by atoms with Gasteiger partial charge < -0.3 is 9.16 Å². The van der Waals surface area contributed by atoms with Gasteiger partial charge in [-0.3, -0.25) is 0 Å². The van der Waals surface area contributed by atoms with Crippen LogP contribution in [0.25, 0.3) is 0 Å². The molecule has 5 heteroatoms. The van der Waals surface area contributed by atoms with Gasteiger partial charge in [0.2, 0.25) is 5.88 Å². The summed E-state index contributed by atoms with van der Waals surface area (Å²) < 4.78 is 12.5. The minimum absolute atomic E-state index is 0.258. The van der Waals surface area contributed by atoms with Crippen LogP contribution in [0.5, 0.6) is 5.88 Å². The van der Waals surface area contributed by atoms with Crippen molar-refractivity contribution in [2.24, 2.45) is 0 Å². The summed E-state index contributed by atoms with van der Waals surface area (Å²) in [5.74, 6) is 1.45. The summed E-state index contributed by atoms with van der Waals surface area (Å²) in [4.78, 5) is 8.42. The third-order valence-corrected chi connectivity index (χ3v) is 9.46. The molecule has 0 bridgehead atoms. The molecule has 4 nitrogen and oxygen atoms in total. The Morgan fingerprint density at radius 2 is 1.68 bits per heavy atom. The maximum atomic E-state index is 6.52. The van der Waals surface area contributed by atoms with Crippen LogP contribution in [-0.2, 0) is 4.43 Å². The van der Waals surface area contributed by atoms with E-state index in [4.69, 9.17) is 9.16 Å². The normalized spacial score (nSPS) is 23.4. The first kappa shape index (κ1) is 17.4. The van der Waals surface area contributed by atoms with Gasteiger partial charge in [-0.25, -0.2) is 4.98 Å². The maximum absolute atomic E-state index is 6.52. The Hall–Kier alpha value is -0.943. The topological polar surface area (TPSA) is 44.2 Å². The van der Waals surface area contributed by atoms with Crippen molar-refractivity contribution < 1.29 is 9.16 Å². The van der Waals surface area contributed by atoms with Crippen LogP contribution in [0.4, 0.5) is 0 Å². The van der Waals surface area contributed by atoms with E-state index >= 15 is 0 Å². The lowest BCUT2D eigenvalue weighted by molar-refractivity contribution is 0.0700. The first-order valence-electron chi connectivity index (χ1n) is 8.31. The highest BCUT2D eigenvalue weighted by molar-refractivity contribution is 6.74. The largest absolute Gasteiger partial charge is 0.474 e.